The summed E-state index contributed by atoms with van der Waals surface area (Å²) in [6, 6.07) is 11.0. The fraction of sp³-hybridized carbons (Fsp3) is 0.444. The van der Waals surface area contributed by atoms with Crippen molar-refractivity contribution in [1.82, 2.24) is 14.5 Å². The normalized spacial score (nSPS) is 12.1. The average molecular weight is 486 g/mol. The van der Waals surface area contributed by atoms with Gasteiger partial charge in [-0.15, -0.1) is 0 Å². The Balaban J connectivity index is 2.23. The molecular weight excluding hydrogens is 453 g/mol. The highest BCUT2D eigenvalue weighted by atomic mass is 35.5. The van der Waals surface area contributed by atoms with E-state index >= 15 is 0 Å². The zero-order valence-corrected chi connectivity index (χ0v) is 20.9. The summed E-state index contributed by atoms with van der Waals surface area (Å²) in [5, 5.41) is 0.381. The van der Waals surface area contributed by atoms with Crippen LogP contribution in [0.5, 0.6) is 0 Å². The molecule has 1 amide bonds. The first-order chi connectivity index (χ1) is 16.4. The Hall–Kier alpha value is -2.73. The van der Waals surface area contributed by atoms with E-state index < -0.39 is 11.9 Å². The molecule has 3 aromatic rings. The molecule has 0 aliphatic carbocycles. The molecule has 2 aromatic carbocycles. The predicted molar refractivity (Wildman–Crippen MR) is 136 cm³/mol. The van der Waals surface area contributed by atoms with Crippen LogP contribution in [0, 0.1) is 5.82 Å². The molecule has 3 rings (SSSR count). The summed E-state index contributed by atoms with van der Waals surface area (Å²) in [6.07, 6.45) is 5.72. The van der Waals surface area contributed by atoms with E-state index in [0.29, 0.717) is 41.8 Å². The lowest BCUT2D eigenvalue weighted by atomic mass is 10.1. The quantitative estimate of drug-likeness (QED) is 0.279. The first kappa shape index (κ1) is 25.9. The van der Waals surface area contributed by atoms with Gasteiger partial charge in [-0.2, -0.15) is 0 Å². The molecule has 0 saturated carbocycles. The predicted octanol–water partition coefficient (Wildman–Crippen LogP) is 6.84. The van der Waals surface area contributed by atoms with Gasteiger partial charge in [0.25, 0.3) is 5.56 Å². The molecular formula is C27H33ClFN3O2. The Bertz CT molecular complexity index is 1190. The van der Waals surface area contributed by atoms with Crippen molar-refractivity contribution in [3.8, 4) is 5.69 Å². The van der Waals surface area contributed by atoms with Gasteiger partial charge in [0.05, 0.1) is 27.7 Å². The molecule has 0 bridgehead atoms. The molecule has 1 heterocycles. The second-order valence-electron chi connectivity index (χ2n) is 8.55. The number of carbonyl (C=O) groups is 1. The van der Waals surface area contributed by atoms with Crippen LogP contribution in [-0.2, 0) is 4.79 Å². The average Bonchev–Trinajstić information content (AvgIpc) is 2.84. The first-order valence-electron chi connectivity index (χ1n) is 12.2. The summed E-state index contributed by atoms with van der Waals surface area (Å²) in [7, 11) is 0. The van der Waals surface area contributed by atoms with Crippen LogP contribution in [-0.4, -0.2) is 26.9 Å². The van der Waals surface area contributed by atoms with E-state index in [0.717, 1.165) is 32.1 Å². The molecule has 0 aliphatic heterocycles. The molecule has 1 unspecified atom stereocenters. The fourth-order valence-electron chi connectivity index (χ4n) is 4.25. The molecule has 0 radical (unpaired) electrons. The maximum atomic E-state index is 13.9. The van der Waals surface area contributed by atoms with Crippen molar-refractivity contribution in [3.63, 3.8) is 0 Å². The van der Waals surface area contributed by atoms with Crippen LogP contribution in [0.15, 0.2) is 47.3 Å². The smallest absolute Gasteiger partial charge is 0.266 e. The third-order valence-electron chi connectivity index (χ3n) is 6.09. The van der Waals surface area contributed by atoms with E-state index in [-0.39, 0.29) is 16.5 Å². The molecule has 1 atom stereocenters. The van der Waals surface area contributed by atoms with Gasteiger partial charge in [-0.05, 0) is 49.6 Å². The van der Waals surface area contributed by atoms with Crippen LogP contribution < -0.4 is 5.56 Å². The molecule has 0 N–H and O–H groups in total. The molecule has 0 aliphatic rings. The highest BCUT2D eigenvalue weighted by Gasteiger charge is 2.28. The minimum absolute atomic E-state index is 0.0656. The molecule has 34 heavy (non-hydrogen) atoms. The third-order valence-corrected chi connectivity index (χ3v) is 6.38. The van der Waals surface area contributed by atoms with Gasteiger partial charge >= 0.3 is 0 Å². The van der Waals surface area contributed by atoms with Crippen molar-refractivity contribution in [2.24, 2.45) is 0 Å². The number of hydrogen-bond acceptors (Lipinski definition) is 3. The number of nitrogens with zero attached hydrogens (tertiary/aromatic N) is 3. The molecule has 0 fully saturated rings. The van der Waals surface area contributed by atoms with Gasteiger partial charge in [0.1, 0.15) is 11.6 Å². The summed E-state index contributed by atoms with van der Waals surface area (Å²) in [5.74, 6) is -0.0251. The molecule has 182 valence electrons. The van der Waals surface area contributed by atoms with Gasteiger partial charge in [-0.3, -0.25) is 14.2 Å². The van der Waals surface area contributed by atoms with Crippen molar-refractivity contribution >= 4 is 28.4 Å². The van der Waals surface area contributed by atoms with E-state index in [1.165, 1.54) is 22.8 Å². The SMILES string of the molecule is CCCCCN(C(=O)CCCC)C(CC)c1nc2ccccc2c(=O)n1-c1ccc(F)c(Cl)c1. The number of hydrogen-bond donors (Lipinski definition) is 0. The highest BCUT2D eigenvalue weighted by molar-refractivity contribution is 6.30. The van der Waals surface area contributed by atoms with Crippen molar-refractivity contribution in [2.75, 3.05) is 6.54 Å². The zero-order valence-electron chi connectivity index (χ0n) is 20.2. The monoisotopic (exact) mass is 485 g/mol. The fourth-order valence-corrected chi connectivity index (χ4v) is 4.42. The van der Waals surface area contributed by atoms with E-state index in [4.69, 9.17) is 16.6 Å². The summed E-state index contributed by atoms with van der Waals surface area (Å²) < 4.78 is 15.4. The third kappa shape index (κ3) is 5.66. The zero-order chi connectivity index (χ0) is 24.7. The van der Waals surface area contributed by atoms with E-state index in [2.05, 4.69) is 13.8 Å². The molecule has 0 saturated heterocycles. The summed E-state index contributed by atoms with van der Waals surface area (Å²) in [4.78, 5) is 33.7. The van der Waals surface area contributed by atoms with Gasteiger partial charge in [0.15, 0.2) is 0 Å². The number of fused-ring (bicyclic) bond motifs is 1. The van der Waals surface area contributed by atoms with Crippen LogP contribution in [0.4, 0.5) is 4.39 Å². The lowest BCUT2D eigenvalue weighted by Gasteiger charge is -2.32. The van der Waals surface area contributed by atoms with Crippen LogP contribution in [0.1, 0.15) is 77.6 Å². The number of aromatic nitrogens is 2. The Morgan fingerprint density at radius 2 is 1.82 bits per heavy atom. The number of para-hydroxylation sites is 1. The molecule has 0 spiro atoms. The Morgan fingerprint density at radius 3 is 2.50 bits per heavy atom. The maximum Gasteiger partial charge on any atom is 0.266 e. The van der Waals surface area contributed by atoms with Gasteiger partial charge in [0.2, 0.25) is 5.91 Å². The summed E-state index contributed by atoms with van der Waals surface area (Å²) in [6.45, 7) is 6.78. The van der Waals surface area contributed by atoms with Crippen LogP contribution >= 0.6 is 11.6 Å². The minimum Gasteiger partial charge on any atom is -0.333 e. The molecule has 5 nitrogen and oxygen atoms in total. The first-order valence-corrected chi connectivity index (χ1v) is 12.6. The summed E-state index contributed by atoms with van der Waals surface area (Å²) in [5.41, 5.74) is 0.730. The van der Waals surface area contributed by atoms with E-state index in [1.807, 2.05) is 17.9 Å². The Morgan fingerprint density at radius 1 is 1.09 bits per heavy atom. The topological polar surface area (TPSA) is 55.2 Å². The largest absolute Gasteiger partial charge is 0.333 e. The van der Waals surface area contributed by atoms with Crippen molar-refractivity contribution in [2.45, 2.75) is 71.8 Å². The number of carbonyl (C=O) groups excluding carboxylic acids is 1. The lowest BCUT2D eigenvalue weighted by Crippen LogP contribution is -2.39. The number of benzene rings is 2. The van der Waals surface area contributed by atoms with Crippen molar-refractivity contribution in [1.29, 1.82) is 0 Å². The molecule has 7 heteroatoms. The molecule has 1 aromatic heterocycles. The summed E-state index contributed by atoms with van der Waals surface area (Å²) >= 11 is 6.08. The Kier molecular flexibility index (Phi) is 9.22. The lowest BCUT2D eigenvalue weighted by molar-refractivity contribution is -0.134. The maximum absolute atomic E-state index is 13.9. The number of unbranched alkanes of at least 4 members (excludes halogenated alkanes) is 3. The number of amides is 1. The second-order valence-corrected chi connectivity index (χ2v) is 8.96. The number of rotatable bonds is 11. The second kappa shape index (κ2) is 12.1. The minimum atomic E-state index is -0.559. The van der Waals surface area contributed by atoms with E-state index in [1.54, 1.807) is 18.2 Å². The van der Waals surface area contributed by atoms with Crippen LogP contribution in [0.2, 0.25) is 5.02 Å². The highest BCUT2D eigenvalue weighted by Crippen LogP contribution is 2.28. The van der Waals surface area contributed by atoms with Crippen LogP contribution in [0.3, 0.4) is 0 Å². The number of halogens is 2. The van der Waals surface area contributed by atoms with Crippen molar-refractivity contribution in [3.05, 3.63) is 69.5 Å². The van der Waals surface area contributed by atoms with Gasteiger partial charge in [-0.25, -0.2) is 9.37 Å². The van der Waals surface area contributed by atoms with Gasteiger partial charge < -0.3 is 4.90 Å². The van der Waals surface area contributed by atoms with Gasteiger partial charge in [-0.1, -0.05) is 63.8 Å². The Labute approximate surface area is 205 Å². The standard InChI is InChI=1S/C27H33ClFN3O2/c1-4-7-11-17-31(25(33)14-8-5-2)24(6-3)26-30-23-13-10-9-12-20(23)27(34)32(26)19-15-16-22(29)21(28)18-19/h9-10,12-13,15-16,18,24H,4-8,11,14,17H2,1-3H3. The van der Waals surface area contributed by atoms with Crippen LogP contribution in [0.25, 0.3) is 16.6 Å². The van der Waals surface area contributed by atoms with E-state index in [9.17, 15) is 14.0 Å². The van der Waals surface area contributed by atoms with Gasteiger partial charge in [0, 0.05) is 13.0 Å². The van der Waals surface area contributed by atoms with Crippen molar-refractivity contribution < 1.29 is 9.18 Å².